The first kappa shape index (κ1) is 16.0. The van der Waals surface area contributed by atoms with Crippen molar-refractivity contribution in [1.82, 2.24) is 0 Å². The van der Waals surface area contributed by atoms with Gasteiger partial charge in [-0.15, -0.1) is 0 Å². The van der Waals surface area contributed by atoms with E-state index in [0.717, 1.165) is 0 Å². The number of aliphatic hydroxyl groups is 1. The molecule has 0 aliphatic heterocycles. The molecule has 0 aliphatic rings. The van der Waals surface area contributed by atoms with E-state index in [4.69, 9.17) is 5.11 Å². The number of rotatable bonds is 3. The number of hydrogen-bond donors (Lipinski definition) is 1. The van der Waals surface area contributed by atoms with Gasteiger partial charge in [-0.2, -0.15) is 0 Å². The van der Waals surface area contributed by atoms with E-state index in [1.807, 2.05) is 0 Å². The van der Waals surface area contributed by atoms with Crippen LogP contribution in [0.1, 0.15) is 13.8 Å². The number of carbonyl (C=O) groups is 2. The number of aliphatic hydroxyl groups excluding tert-OH is 1. The van der Waals surface area contributed by atoms with Crippen LogP contribution in [0.25, 0.3) is 0 Å². The van der Waals surface area contributed by atoms with Gasteiger partial charge in [-0.3, -0.25) is 0 Å². The predicted octanol–water partition coefficient (Wildman–Crippen LogP) is 0.513. The third-order valence-electron chi connectivity index (χ3n) is 1.28. The molecule has 15 heavy (non-hydrogen) atoms. The van der Waals surface area contributed by atoms with Crippen LogP contribution in [0.5, 0.6) is 0 Å². The number of carbonyl (C=O) groups excluding carboxylic acids is 2. The number of hydrogen-bond acceptors (Lipinski definition) is 5. The molecule has 5 nitrogen and oxygen atoms in total. The Morgan fingerprint density at radius 1 is 1.40 bits per heavy atom. The van der Waals surface area contributed by atoms with Crippen LogP contribution in [0.15, 0.2) is 11.3 Å². The topological polar surface area (TPSA) is 72.8 Å². The first-order chi connectivity index (χ1) is 6.54. The van der Waals surface area contributed by atoms with E-state index in [-0.39, 0.29) is 29.2 Å². The van der Waals surface area contributed by atoms with E-state index in [2.05, 4.69) is 15.9 Å². The number of esters is 2. The van der Waals surface area contributed by atoms with Crippen LogP contribution >= 0.6 is 0 Å². The third-order valence-corrected chi connectivity index (χ3v) is 1.28. The molecule has 0 spiro atoms. The molecule has 0 saturated carbocycles. The van der Waals surface area contributed by atoms with Crippen molar-refractivity contribution in [3.63, 3.8) is 0 Å². The summed E-state index contributed by atoms with van der Waals surface area (Å²) >= 11 is 0. The largest absolute Gasteiger partial charge is 0.501 e. The van der Waals surface area contributed by atoms with Crippen LogP contribution in [-0.4, -0.2) is 23.7 Å². The van der Waals surface area contributed by atoms with Crippen molar-refractivity contribution in [3.8, 4) is 12.5 Å². The third kappa shape index (κ3) is 5.11. The molecule has 0 saturated heterocycles. The second-order valence-electron chi connectivity index (χ2n) is 2.20. The monoisotopic (exact) mass is 261 g/mol. The molecule has 1 radical (unpaired) electrons. The quantitative estimate of drug-likeness (QED) is 0.264. The molecule has 0 aromatic rings. The van der Waals surface area contributed by atoms with Gasteiger partial charge in [0.1, 0.15) is 6.11 Å². The summed E-state index contributed by atoms with van der Waals surface area (Å²) in [5.74, 6) is -2.75. The molecule has 0 atom stereocenters. The van der Waals surface area contributed by atoms with Crippen LogP contribution in [0, 0.1) is 12.5 Å². The van der Waals surface area contributed by atoms with Crippen LogP contribution in [0.4, 0.5) is 0 Å². The van der Waals surface area contributed by atoms with Gasteiger partial charge in [0.25, 0.3) is 0 Å². The minimum atomic E-state index is -0.987. The standard InChI is InChI=1S/C9H10O5.Cu/c1-4-13-8(11)6(3)7(10)9(12)14-5-2;/h1,10H,5H2,2-3H3;/b7-6-;. The maximum atomic E-state index is 10.9. The molecular weight excluding hydrogens is 252 g/mol. The second-order valence-corrected chi connectivity index (χ2v) is 2.20. The summed E-state index contributed by atoms with van der Waals surface area (Å²) in [4.78, 5) is 21.8. The summed E-state index contributed by atoms with van der Waals surface area (Å²) in [6.07, 6.45) is 6.32. The molecular formula is C9H10CuO5. The van der Waals surface area contributed by atoms with Crippen LogP contribution in [0.2, 0.25) is 0 Å². The minimum Gasteiger partial charge on any atom is -0.501 e. The van der Waals surface area contributed by atoms with Gasteiger partial charge in [-0.25, -0.2) is 9.59 Å². The average molecular weight is 262 g/mol. The zero-order valence-electron chi connectivity index (χ0n) is 8.17. The summed E-state index contributed by atoms with van der Waals surface area (Å²) in [5, 5.41) is 9.15. The van der Waals surface area contributed by atoms with Crippen LogP contribution in [0.3, 0.4) is 0 Å². The van der Waals surface area contributed by atoms with Crippen molar-refractivity contribution >= 4 is 11.9 Å². The van der Waals surface area contributed by atoms with E-state index < -0.39 is 17.7 Å². The molecule has 87 valence electrons. The van der Waals surface area contributed by atoms with Crippen molar-refractivity contribution in [1.29, 1.82) is 0 Å². The maximum Gasteiger partial charge on any atom is 0.373 e. The van der Waals surface area contributed by atoms with Gasteiger partial charge in [0.2, 0.25) is 5.76 Å². The van der Waals surface area contributed by atoms with Crippen molar-refractivity contribution in [3.05, 3.63) is 11.3 Å². The molecule has 0 rings (SSSR count). The fraction of sp³-hybridized carbons (Fsp3) is 0.333. The zero-order valence-corrected chi connectivity index (χ0v) is 9.11. The molecule has 0 heterocycles. The van der Waals surface area contributed by atoms with Crippen LogP contribution in [-0.2, 0) is 36.1 Å². The summed E-state index contributed by atoms with van der Waals surface area (Å²) < 4.78 is 8.56. The van der Waals surface area contributed by atoms with Gasteiger partial charge in [-0.05, 0) is 13.8 Å². The number of ether oxygens (including phenoxy) is 2. The summed E-state index contributed by atoms with van der Waals surface area (Å²) in [7, 11) is 0. The molecule has 0 aromatic carbocycles. The van der Waals surface area contributed by atoms with Gasteiger partial charge in [0.15, 0.2) is 0 Å². The van der Waals surface area contributed by atoms with Gasteiger partial charge in [-0.1, -0.05) is 6.42 Å². The fourth-order valence-electron chi connectivity index (χ4n) is 0.579. The molecule has 0 unspecified atom stereocenters. The molecule has 0 aromatic heterocycles. The first-order valence-electron chi connectivity index (χ1n) is 3.78. The predicted molar refractivity (Wildman–Crippen MR) is 46.9 cm³/mol. The van der Waals surface area contributed by atoms with Gasteiger partial charge < -0.3 is 14.6 Å². The second kappa shape index (κ2) is 7.92. The van der Waals surface area contributed by atoms with E-state index in [1.165, 1.54) is 6.92 Å². The van der Waals surface area contributed by atoms with Crippen molar-refractivity contribution in [2.45, 2.75) is 13.8 Å². The van der Waals surface area contributed by atoms with E-state index in [9.17, 15) is 9.59 Å². The molecule has 0 fully saturated rings. The maximum absolute atomic E-state index is 10.9. The van der Waals surface area contributed by atoms with E-state index in [0.29, 0.717) is 0 Å². The SMILES string of the molecule is C#COC(=O)/C(C)=C(\O)C(=O)OCC.[Cu]. The Balaban J connectivity index is 0. The molecule has 0 bridgehead atoms. The van der Waals surface area contributed by atoms with E-state index >= 15 is 0 Å². The van der Waals surface area contributed by atoms with Gasteiger partial charge in [0, 0.05) is 17.1 Å². The Morgan fingerprint density at radius 3 is 2.33 bits per heavy atom. The summed E-state index contributed by atoms with van der Waals surface area (Å²) in [5.41, 5.74) is -0.290. The molecule has 1 N–H and O–H groups in total. The fourth-order valence-corrected chi connectivity index (χ4v) is 0.579. The normalized spacial score (nSPS) is 10.2. The van der Waals surface area contributed by atoms with Crippen molar-refractivity contribution < 1.29 is 41.2 Å². The molecule has 0 aliphatic carbocycles. The van der Waals surface area contributed by atoms with Crippen molar-refractivity contribution in [2.75, 3.05) is 6.61 Å². The summed E-state index contributed by atoms with van der Waals surface area (Å²) in [6.45, 7) is 2.87. The van der Waals surface area contributed by atoms with E-state index in [1.54, 1.807) is 13.0 Å². The van der Waals surface area contributed by atoms with Gasteiger partial charge >= 0.3 is 11.9 Å². The molecule has 6 heteroatoms. The first-order valence-corrected chi connectivity index (χ1v) is 3.78. The number of terminal acetylenes is 1. The van der Waals surface area contributed by atoms with Gasteiger partial charge in [0.05, 0.1) is 12.2 Å². The Bertz CT molecular complexity index is 313. The summed E-state index contributed by atoms with van der Waals surface area (Å²) in [6, 6.07) is 0. The molecule has 0 amide bonds. The Morgan fingerprint density at radius 2 is 1.93 bits per heavy atom. The zero-order chi connectivity index (χ0) is 11.1. The van der Waals surface area contributed by atoms with Crippen molar-refractivity contribution in [2.24, 2.45) is 0 Å². The van der Waals surface area contributed by atoms with Crippen LogP contribution < -0.4 is 0 Å². The Hall–Kier alpha value is -1.44. The minimum absolute atomic E-state index is 0. The Kier molecular flexibility index (Phi) is 8.45. The Labute approximate surface area is 97.9 Å². The average Bonchev–Trinajstić information content (AvgIpc) is 2.16. The smallest absolute Gasteiger partial charge is 0.373 e.